The highest BCUT2D eigenvalue weighted by atomic mass is 16.2. The highest BCUT2D eigenvalue weighted by Crippen LogP contribution is 2.26. The van der Waals surface area contributed by atoms with E-state index in [0.717, 1.165) is 60.4 Å². The molecule has 1 fully saturated rings. The second kappa shape index (κ2) is 10.7. The van der Waals surface area contributed by atoms with Gasteiger partial charge in [0.15, 0.2) is 0 Å². The van der Waals surface area contributed by atoms with Crippen molar-refractivity contribution in [2.75, 3.05) is 31.5 Å². The van der Waals surface area contributed by atoms with Gasteiger partial charge in [0.25, 0.3) is 5.91 Å². The van der Waals surface area contributed by atoms with Crippen LogP contribution in [0, 0.1) is 0 Å². The molecule has 1 aliphatic heterocycles. The third kappa shape index (κ3) is 5.44. The summed E-state index contributed by atoms with van der Waals surface area (Å²) in [5.74, 6) is -0.00909. The number of para-hydroxylation sites is 1. The van der Waals surface area contributed by atoms with E-state index in [1.807, 2.05) is 89.8 Å². The maximum Gasteiger partial charge on any atom is 0.254 e. The molecule has 0 unspecified atom stereocenters. The van der Waals surface area contributed by atoms with E-state index in [4.69, 9.17) is 4.98 Å². The number of aromatic nitrogens is 1. The van der Waals surface area contributed by atoms with Gasteiger partial charge in [0, 0.05) is 56.3 Å². The van der Waals surface area contributed by atoms with Crippen LogP contribution in [0.3, 0.4) is 0 Å². The second-order valence-electron chi connectivity index (χ2n) is 9.24. The van der Waals surface area contributed by atoms with Crippen molar-refractivity contribution >= 4 is 28.4 Å². The fraction of sp³-hybridized carbons (Fsp3) is 0.233. The molecule has 2 heterocycles. The summed E-state index contributed by atoms with van der Waals surface area (Å²) in [5, 5.41) is 3.70. The molecule has 0 saturated carbocycles. The SMILES string of the molecule is CC(=O)Nc1ccc(CN2CCCN(C(=O)c3cc(-c4ccccc4)nc4ccccc34)CC2)cc1. The molecule has 2 amide bonds. The first-order valence-electron chi connectivity index (χ1n) is 12.4. The number of rotatable bonds is 5. The highest BCUT2D eigenvalue weighted by molar-refractivity contribution is 6.07. The summed E-state index contributed by atoms with van der Waals surface area (Å²) in [5.41, 5.74) is 5.36. The molecule has 0 aliphatic carbocycles. The number of carbonyl (C=O) groups excluding carboxylic acids is 2. The van der Waals surface area contributed by atoms with Gasteiger partial charge < -0.3 is 10.2 Å². The minimum absolute atomic E-state index is 0.0623. The van der Waals surface area contributed by atoms with Gasteiger partial charge >= 0.3 is 0 Å². The Bertz CT molecular complexity index is 1370. The minimum atomic E-state index is -0.0714. The van der Waals surface area contributed by atoms with Crippen molar-refractivity contribution in [2.24, 2.45) is 0 Å². The van der Waals surface area contributed by atoms with Crippen LogP contribution >= 0.6 is 0 Å². The average molecular weight is 479 g/mol. The van der Waals surface area contributed by atoms with Crippen LogP contribution in [-0.2, 0) is 11.3 Å². The highest BCUT2D eigenvalue weighted by Gasteiger charge is 2.23. The maximum atomic E-state index is 13.8. The van der Waals surface area contributed by atoms with E-state index in [1.54, 1.807) is 0 Å². The molecule has 0 spiro atoms. The standard InChI is InChI=1S/C30H30N4O2/c1-22(35)31-25-14-12-23(13-15-25)21-33-16-7-17-34(19-18-33)30(36)27-20-29(24-8-3-2-4-9-24)32-28-11-6-5-10-26(27)28/h2-6,8-15,20H,7,16-19,21H2,1H3,(H,31,35). The van der Waals surface area contributed by atoms with Crippen molar-refractivity contribution in [3.63, 3.8) is 0 Å². The van der Waals surface area contributed by atoms with Crippen molar-refractivity contribution in [1.29, 1.82) is 0 Å². The maximum absolute atomic E-state index is 13.8. The fourth-order valence-corrected chi connectivity index (χ4v) is 4.77. The van der Waals surface area contributed by atoms with Crippen LogP contribution in [0.1, 0.15) is 29.3 Å². The molecule has 4 aromatic rings. The third-order valence-corrected chi connectivity index (χ3v) is 6.57. The second-order valence-corrected chi connectivity index (χ2v) is 9.24. The van der Waals surface area contributed by atoms with Gasteiger partial charge in [-0.2, -0.15) is 0 Å². The average Bonchev–Trinajstić information content (AvgIpc) is 3.14. The van der Waals surface area contributed by atoms with E-state index in [1.165, 1.54) is 12.5 Å². The van der Waals surface area contributed by atoms with Crippen molar-refractivity contribution in [3.05, 3.63) is 96.1 Å². The lowest BCUT2D eigenvalue weighted by atomic mass is 10.0. The van der Waals surface area contributed by atoms with Crippen LogP contribution in [-0.4, -0.2) is 52.8 Å². The van der Waals surface area contributed by atoms with E-state index in [0.29, 0.717) is 12.1 Å². The van der Waals surface area contributed by atoms with Gasteiger partial charge in [-0.25, -0.2) is 4.98 Å². The minimum Gasteiger partial charge on any atom is -0.337 e. The van der Waals surface area contributed by atoms with Gasteiger partial charge in [0.05, 0.1) is 16.8 Å². The summed E-state index contributed by atoms with van der Waals surface area (Å²) < 4.78 is 0. The summed E-state index contributed by atoms with van der Waals surface area (Å²) in [6, 6.07) is 27.8. The molecule has 0 radical (unpaired) electrons. The molecule has 6 heteroatoms. The van der Waals surface area contributed by atoms with Gasteiger partial charge in [-0.05, 0) is 36.2 Å². The predicted molar refractivity (Wildman–Crippen MR) is 144 cm³/mol. The number of nitrogens with one attached hydrogen (secondary N) is 1. The summed E-state index contributed by atoms with van der Waals surface area (Å²) in [4.78, 5) is 34.2. The van der Waals surface area contributed by atoms with Crippen LogP contribution < -0.4 is 5.32 Å². The van der Waals surface area contributed by atoms with Crippen molar-refractivity contribution in [3.8, 4) is 11.3 Å². The summed E-state index contributed by atoms with van der Waals surface area (Å²) in [6.45, 7) is 5.49. The number of hydrogen-bond acceptors (Lipinski definition) is 4. The van der Waals surface area contributed by atoms with Gasteiger partial charge in [0.1, 0.15) is 0 Å². The normalized spacial score (nSPS) is 14.4. The molecule has 5 rings (SSSR count). The number of benzene rings is 3. The number of carbonyl (C=O) groups is 2. The lowest BCUT2D eigenvalue weighted by Crippen LogP contribution is -2.35. The monoisotopic (exact) mass is 478 g/mol. The first-order valence-corrected chi connectivity index (χ1v) is 12.4. The van der Waals surface area contributed by atoms with Crippen LogP contribution in [0.25, 0.3) is 22.2 Å². The van der Waals surface area contributed by atoms with Gasteiger partial charge in [0.2, 0.25) is 5.91 Å². The zero-order chi connectivity index (χ0) is 24.9. The molecular weight excluding hydrogens is 448 g/mol. The lowest BCUT2D eigenvalue weighted by Gasteiger charge is -2.23. The Hall–Kier alpha value is -4.03. The number of anilines is 1. The number of amides is 2. The molecule has 1 aromatic heterocycles. The Kier molecular flexibility index (Phi) is 7.05. The molecule has 0 bridgehead atoms. The summed E-state index contributed by atoms with van der Waals surface area (Å²) >= 11 is 0. The zero-order valence-electron chi connectivity index (χ0n) is 20.5. The number of pyridine rings is 1. The van der Waals surface area contributed by atoms with Crippen LogP contribution in [0.15, 0.2) is 84.9 Å². The topological polar surface area (TPSA) is 65.5 Å². The summed E-state index contributed by atoms with van der Waals surface area (Å²) in [6.07, 6.45) is 0.921. The molecule has 1 N–H and O–H groups in total. The van der Waals surface area contributed by atoms with E-state index in [-0.39, 0.29) is 11.8 Å². The quantitative estimate of drug-likeness (QED) is 0.428. The first kappa shape index (κ1) is 23.7. The van der Waals surface area contributed by atoms with E-state index in [2.05, 4.69) is 10.2 Å². The molecule has 1 saturated heterocycles. The van der Waals surface area contributed by atoms with Crippen LogP contribution in [0.5, 0.6) is 0 Å². The number of hydrogen-bond donors (Lipinski definition) is 1. The van der Waals surface area contributed by atoms with Gasteiger partial charge in [-0.3, -0.25) is 14.5 Å². The van der Waals surface area contributed by atoms with Crippen LogP contribution in [0.4, 0.5) is 5.69 Å². The van der Waals surface area contributed by atoms with Gasteiger partial charge in [-0.1, -0.05) is 60.7 Å². The zero-order valence-corrected chi connectivity index (χ0v) is 20.5. The van der Waals surface area contributed by atoms with E-state index < -0.39 is 0 Å². The number of fused-ring (bicyclic) bond motifs is 1. The summed E-state index contributed by atoms with van der Waals surface area (Å²) in [7, 11) is 0. The Morgan fingerprint density at radius 2 is 1.61 bits per heavy atom. The number of nitrogens with zero attached hydrogens (tertiary/aromatic N) is 3. The largest absolute Gasteiger partial charge is 0.337 e. The molecule has 6 nitrogen and oxygen atoms in total. The van der Waals surface area contributed by atoms with E-state index in [9.17, 15) is 9.59 Å². The third-order valence-electron chi connectivity index (χ3n) is 6.57. The lowest BCUT2D eigenvalue weighted by molar-refractivity contribution is -0.114. The van der Waals surface area contributed by atoms with Gasteiger partial charge in [-0.15, -0.1) is 0 Å². The molecule has 3 aromatic carbocycles. The molecule has 182 valence electrons. The first-order chi connectivity index (χ1) is 17.6. The van der Waals surface area contributed by atoms with Crippen molar-refractivity contribution in [1.82, 2.24) is 14.8 Å². The van der Waals surface area contributed by atoms with Crippen molar-refractivity contribution in [2.45, 2.75) is 19.9 Å². The molecule has 36 heavy (non-hydrogen) atoms. The Balaban J connectivity index is 1.32. The predicted octanol–water partition coefficient (Wildman–Crippen LogP) is 5.21. The Morgan fingerprint density at radius 3 is 2.39 bits per heavy atom. The van der Waals surface area contributed by atoms with E-state index >= 15 is 0 Å². The molecule has 0 atom stereocenters. The Morgan fingerprint density at radius 1 is 0.861 bits per heavy atom. The molecular formula is C30H30N4O2. The Labute approximate surface area is 211 Å². The smallest absolute Gasteiger partial charge is 0.254 e. The fourth-order valence-electron chi connectivity index (χ4n) is 4.77. The molecule has 1 aliphatic rings. The van der Waals surface area contributed by atoms with Crippen molar-refractivity contribution < 1.29 is 9.59 Å². The van der Waals surface area contributed by atoms with Crippen LogP contribution in [0.2, 0.25) is 0 Å².